The summed E-state index contributed by atoms with van der Waals surface area (Å²) in [5, 5.41) is 45.2. The fourth-order valence-corrected chi connectivity index (χ4v) is 8.35. The van der Waals surface area contributed by atoms with Gasteiger partial charge >= 0.3 is 5.97 Å². The van der Waals surface area contributed by atoms with Crippen LogP contribution in [-0.2, 0) is 38.0 Å². The van der Waals surface area contributed by atoms with Crippen LogP contribution in [0.5, 0.6) is 0 Å². The second-order valence-corrected chi connectivity index (χ2v) is 16.2. The lowest BCUT2D eigenvalue weighted by molar-refractivity contribution is -0.309. The number of cyclic esters (lactones) is 1. The first-order valence-corrected chi connectivity index (χ1v) is 18.4. The van der Waals surface area contributed by atoms with Crippen molar-refractivity contribution in [1.82, 2.24) is 4.90 Å². The van der Waals surface area contributed by atoms with Crippen LogP contribution in [0, 0.1) is 29.6 Å². The van der Waals surface area contributed by atoms with Crippen molar-refractivity contribution in [1.29, 1.82) is 0 Å². The molecule has 18 atom stereocenters. The topological polar surface area (TPSA) is 174 Å². The standard InChI is InChI=1S/C37H67NO12/c1-14-26-37(10,44)32(41)21(5)28(39)18(2)15-19(3)30(50-35-29(40)25(38(11)12)16-20(4)46-35)22(6)31(23(7)34(43)48-26)49-27-17-36(9,45-13)33(42)24(8)47-27/h18-27,29-33,35,40-42,44H,14-17H2,1-13H3/t18-,19?,20-,21+,22-,23-,24+,25+,26-,27+,29-,30+,31+,32-,33+,35+,36-,37-/m1/s1. The highest BCUT2D eigenvalue weighted by molar-refractivity contribution is 5.83. The number of likely N-dealkylation sites (N-methyl/N-ethyl adjacent to an activating group) is 1. The first kappa shape index (κ1) is 43.1. The minimum Gasteiger partial charge on any atom is -0.459 e. The minimum atomic E-state index is -1.92. The molecule has 13 nitrogen and oxygen atoms in total. The quantitative estimate of drug-likeness (QED) is 0.284. The maximum absolute atomic E-state index is 14.1. The van der Waals surface area contributed by atoms with Crippen molar-refractivity contribution < 1.29 is 58.4 Å². The van der Waals surface area contributed by atoms with Crippen molar-refractivity contribution in [3.8, 4) is 0 Å². The van der Waals surface area contributed by atoms with E-state index < -0.39 is 96.2 Å². The molecule has 0 aromatic rings. The van der Waals surface area contributed by atoms with Gasteiger partial charge in [-0.15, -0.1) is 0 Å². The molecular formula is C37H67NO12. The summed E-state index contributed by atoms with van der Waals surface area (Å²) in [4.78, 5) is 29.8. The van der Waals surface area contributed by atoms with E-state index in [1.165, 1.54) is 14.0 Å². The molecule has 0 bridgehead atoms. The van der Waals surface area contributed by atoms with Gasteiger partial charge in [-0.25, -0.2) is 0 Å². The van der Waals surface area contributed by atoms with Crippen LogP contribution in [0.2, 0.25) is 0 Å². The molecule has 3 saturated heterocycles. The highest BCUT2D eigenvalue weighted by Crippen LogP contribution is 2.39. The molecule has 0 aliphatic carbocycles. The number of nitrogens with zero attached hydrogens (tertiary/aromatic N) is 1. The number of esters is 1. The minimum absolute atomic E-state index is 0.162. The average molecular weight is 718 g/mol. The van der Waals surface area contributed by atoms with Crippen molar-refractivity contribution in [3.05, 3.63) is 0 Å². The van der Waals surface area contributed by atoms with Gasteiger partial charge in [0, 0.05) is 37.3 Å². The van der Waals surface area contributed by atoms with Gasteiger partial charge in [-0.05, 0) is 73.9 Å². The van der Waals surface area contributed by atoms with E-state index in [0.29, 0.717) is 12.8 Å². The van der Waals surface area contributed by atoms with Crippen molar-refractivity contribution in [2.75, 3.05) is 21.2 Å². The lowest BCUT2D eigenvalue weighted by Crippen LogP contribution is -2.59. The molecule has 3 aliphatic heterocycles. The summed E-state index contributed by atoms with van der Waals surface area (Å²) in [6, 6.07) is -0.231. The lowest BCUT2D eigenvalue weighted by atomic mass is 9.75. The third-order valence-electron chi connectivity index (χ3n) is 11.8. The molecular weight excluding hydrogens is 650 g/mol. The Balaban J connectivity index is 2.13. The summed E-state index contributed by atoms with van der Waals surface area (Å²) in [5.41, 5.74) is -2.92. The fraction of sp³-hybridized carbons (Fsp3) is 0.946. The Morgan fingerprint density at radius 1 is 0.880 bits per heavy atom. The number of carbonyl (C=O) groups is 2. The Kier molecular flexibility index (Phi) is 14.9. The van der Waals surface area contributed by atoms with E-state index in [1.54, 1.807) is 41.5 Å². The van der Waals surface area contributed by atoms with Crippen molar-refractivity contribution in [2.24, 2.45) is 29.6 Å². The van der Waals surface area contributed by atoms with Crippen LogP contribution >= 0.6 is 0 Å². The zero-order valence-corrected chi connectivity index (χ0v) is 32.6. The Bertz CT molecular complexity index is 1120. The van der Waals surface area contributed by atoms with Gasteiger partial charge in [0.15, 0.2) is 12.6 Å². The van der Waals surface area contributed by atoms with Crippen molar-refractivity contribution in [3.63, 3.8) is 0 Å². The number of methoxy groups -OCH3 is 1. The van der Waals surface area contributed by atoms with Gasteiger partial charge in [-0.1, -0.05) is 34.6 Å². The first-order chi connectivity index (χ1) is 23.1. The van der Waals surface area contributed by atoms with Crippen LogP contribution in [-0.4, -0.2) is 137 Å². The largest absolute Gasteiger partial charge is 0.459 e. The predicted molar refractivity (Wildman–Crippen MR) is 185 cm³/mol. The van der Waals surface area contributed by atoms with E-state index in [2.05, 4.69) is 0 Å². The average Bonchev–Trinajstić information content (AvgIpc) is 3.05. The van der Waals surface area contributed by atoms with Crippen LogP contribution in [0.4, 0.5) is 0 Å². The van der Waals surface area contributed by atoms with Crippen LogP contribution in [0.3, 0.4) is 0 Å². The highest BCUT2D eigenvalue weighted by atomic mass is 16.7. The second-order valence-electron chi connectivity index (χ2n) is 16.2. The third-order valence-corrected chi connectivity index (χ3v) is 11.8. The number of hydrogen-bond acceptors (Lipinski definition) is 13. The van der Waals surface area contributed by atoms with Crippen LogP contribution in [0.25, 0.3) is 0 Å². The van der Waals surface area contributed by atoms with Gasteiger partial charge in [0.1, 0.15) is 29.7 Å². The molecule has 0 saturated carbocycles. The number of rotatable bonds is 7. The Morgan fingerprint density at radius 2 is 1.50 bits per heavy atom. The van der Waals surface area contributed by atoms with Crippen LogP contribution < -0.4 is 0 Å². The molecule has 1 unspecified atom stereocenters. The normalized spacial score (nSPS) is 49.0. The fourth-order valence-electron chi connectivity index (χ4n) is 8.35. The monoisotopic (exact) mass is 717 g/mol. The predicted octanol–water partition coefficient (Wildman–Crippen LogP) is 2.67. The van der Waals surface area contributed by atoms with E-state index in [0.717, 1.165) is 0 Å². The van der Waals surface area contributed by atoms with Crippen molar-refractivity contribution >= 4 is 11.8 Å². The molecule has 3 rings (SSSR count). The number of ether oxygens (including phenoxy) is 6. The van der Waals surface area contributed by atoms with Gasteiger partial charge in [0.05, 0.1) is 42.0 Å². The molecule has 50 heavy (non-hydrogen) atoms. The van der Waals surface area contributed by atoms with E-state index in [4.69, 9.17) is 28.4 Å². The molecule has 0 radical (unpaired) electrons. The molecule has 292 valence electrons. The molecule has 0 aromatic carbocycles. The van der Waals surface area contributed by atoms with E-state index in [9.17, 15) is 30.0 Å². The molecule has 4 N–H and O–H groups in total. The molecule has 3 aliphatic rings. The summed E-state index contributed by atoms with van der Waals surface area (Å²) in [7, 11) is 5.30. The highest BCUT2D eigenvalue weighted by Gasteiger charge is 2.51. The Labute approximate surface area is 299 Å². The summed E-state index contributed by atoms with van der Waals surface area (Å²) in [6.45, 7) is 17.4. The molecule has 3 heterocycles. The summed E-state index contributed by atoms with van der Waals surface area (Å²) in [5.74, 6) is -4.24. The first-order valence-electron chi connectivity index (χ1n) is 18.4. The smallest absolute Gasteiger partial charge is 0.311 e. The summed E-state index contributed by atoms with van der Waals surface area (Å²) < 4.78 is 37.4. The number of carbonyl (C=O) groups excluding carboxylic acids is 2. The number of aliphatic hydroxyl groups is 4. The second kappa shape index (κ2) is 17.3. The molecule has 0 amide bonds. The third kappa shape index (κ3) is 9.26. The van der Waals surface area contributed by atoms with E-state index in [1.807, 2.05) is 39.8 Å². The zero-order chi connectivity index (χ0) is 38.0. The SMILES string of the molecule is CC[C@H]1OC(=O)[C@H](C)[C@@H](O[C@H]2C[C@@](C)(OC)[C@@H](O)[C@H](C)O2)[C@H](C)[C@@H](O[C@@H]2O[C@H](C)C[C@H](N(C)C)[C@H]2O)C(C)C[C@@H](C)C(=O)[C@H](C)[C@@H](O)[C@]1(C)O. The number of hydrogen-bond donors (Lipinski definition) is 4. The van der Waals surface area contributed by atoms with Gasteiger partial charge in [-0.3, -0.25) is 9.59 Å². The zero-order valence-electron chi connectivity index (χ0n) is 32.6. The summed E-state index contributed by atoms with van der Waals surface area (Å²) in [6.07, 6.45) is -7.62. The van der Waals surface area contributed by atoms with Crippen molar-refractivity contribution in [2.45, 2.75) is 174 Å². The van der Waals surface area contributed by atoms with Gasteiger partial charge in [0.25, 0.3) is 0 Å². The maximum Gasteiger partial charge on any atom is 0.311 e. The molecule has 3 fully saturated rings. The molecule has 0 spiro atoms. The summed E-state index contributed by atoms with van der Waals surface area (Å²) >= 11 is 0. The van der Waals surface area contributed by atoms with Crippen LogP contribution in [0.15, 0.2) is 0 Å². The Morgan fingerprint density at radius 3 is 2.06 bits per heavy atom. The van der Waals surface area contributed by atoms with Crippen LogP contribution in [0.1, 0.15) is 94.9 Å². The number of ketones is 1. The Hall–Kier alpha value is -1.26. The molecule has 13 heteroatoms. The van der Waals surface area contributed by atoms with E-state index >= 15 is 0 Å². The number of aliphatic hydroxyl groups excluding tert-OH is 3. The van der Waals surface area contributed by atoms with Gasteiger partial charge in [-0.2, -0.15) is 0 Å². The maximum atomic E-state index is 14.1. The molecule has 0 aromatic heterocycles. The lowest BCUT2D eigenvalue weighted by Gasteiger charge is -2.47. The van der Waals surface area contributed by atoms with Gasteiger partial charge < -0.3 is 53.7 Å². The van der Waals surface area contributed by atoms with Gasteiger partial charge in [0.2, 0.25) is 0 Å². The van der Waals surface area contributed by atoms with E-state index in [-0.39, 0.29) is 36.7 Å². The number of Topliss-reactive ketones (excluding diaryl/α,β-unsaturated/α-hetero) is 1.